The highest BCUT2D eigenvalue weighted by Gasteiger charge is 2.23. The number of halogens is 2. The average molecular weight is 648 g/mol. The SMILES string of the molecule is CC(C)c1nc(COC(=O)NC(=O)Oc2ccc(-c3ccccc3)cc2)n(Cc2ccncc2)c1Sc1cc(Cl)cc(Cl)c1. The Morgan fingerprint density at radius 1 is 0.886 bits per heavy atom. The Bertz CT molecular complexity index is 1730. The molecule has 44 heavy (non-hydrogen) atoms. The summed E-state index contributed by atoms with van der Waals surface area (Å²) in [6.07, 6.45) is 1.50. The maximum Gasteiger partial charge on any atom is 0.422 e. The van der Waals surface area contributed by atoms with E-state index in [1.165, 1.54) is 11.8 Å². The molecule has 5 aromatic rings. The number of imide groups is 1. The molecular weight excluding hydrogens is 619 g/mol. The van der Waals surface area contributed by atoms with Crippen molar-refractivity contribution in [1.29, 1.82) is 0 Å². The van der Waals surface area contributed by atoms with Crippen molar-refractivity contribution in [3.8, 4) is 16.9 Å². The van der Waals surface area contributed by atoms with Crippen LogP contribution in [-0.4, -0.2) is 26.7 Å². The van der Waals surface area contributed by atoms with Gasteiger partial charge in [-0.2, -0.15) is 0 Å². The molecule has 11 heteroatoms. The Kier molecular flexibility index (Phi) is 10.2. The molecule has 3 aromatic carbocycles. The molecule has 0 aliphatic rings. The van der Waals surface area contributed by atoms with E-state index >= 15 is 0 Å². The molecule has 0 unspecified atom stereocenters. The van der Waals surface area contributed by atoms with Crippen molar-refractivity contribution in [2.24, 2.45) is 0 Å². The van der Waals surface area contributed by atoms with Crippen LogP contribution in [0.5, 0.6) is 5.75 Å². The van der Waals surface area contributed by atoms with E-state index in [1.54, 1.807) is 30.6 Å². The predicted molar refractivity (Wildman–Crippen MR) is 171 cm³/mol. The summed E-state index contributed by atoms with van der Waals surface area (Å²) in [6.45, 7) is 4.33. The van der Waals surface area contributed by atoms with Gasteiger partial charge in [-0.1, -0.05) is 91.3 Å². The van der Waals surface area contributed by atoms with Gasteiger partial charge in [0.25, 0.3) is 0 Å². The lowest BCUT2D eigenvalue weighted by Gasteiger charge is -2.14. The van der Waals surface area contributed by atoms with E-state index in [0.717, 1.165) is 32.3 Å². The average Bonchev–Trinajstić information content (AvgIpc) is 3.33. The standard InChI is InChI=1S/C33H28Cl2N4O4S/c1-21(2)30-31(44-28-17-25(34)16-26(35)18-28)39(19-22-12-14-36-15-13-22)29(37-30)20-42-32(40)38-33(41)43-27-10-8-24(9-11-27)23-6-4-3-5-7-23/h3-18,21H,19-20H2,1-2H3,(H,38,40,41). The summed E-state index contributed by atoms with van der Waals surface area (Å²) in [4.78, 5) is 34.8. The van der Waals surface area contributed by atoms with Gasteiger partial charge in [0.1, 0.15) is 16.6 Å². The minimum absolute atomic E-state index is 0.0571. The van der Waals surface area contributed by atoms with E-state index in [0.29, 0.717) is 22.4 Å². The van der Waals surface area contributed by atoms with E-state index in [2.05, 4.69) is 10.3 Å². The number of carbonyl (C=O) groups excluding carboxylic acids is 2. The second kappa shape index (κ2) is 14.4. The highest BCUT2D eigenvalue weighted by Crippen LogP contribution is 2.37. The summed E-state index contributed by atoms with van der Waals surface area (Å²) < 4.78 is 12.7. The number of carbonyl (C=O) groups is 2. The normalized spacial score (nSPS) is 10.9. The quantitative estimate of drug-likeness (QED) is 0.171. The zero-order chi connectivity index (χ0) is 31.1. The first-order valence-corrected chi connectivity index (χ1v) is 15.3. The van der Waals surface area contributed by atoms with E-state index in [1.807, 2.05) is 85.1 Å². The number of hydrogen-bond acceptors (Lipinski definition) is 7. The van der Waals surface area contributed by atoms with Crippen LogP contribution in [0.25, 0.3) is 11.1 Å². The van der Waals surface area contributed by atoms with Gasteiger partial charge in [-0.25, -0.2) is 19.9 Å². The van der Waals surface area contributed by atoms with Crippen molar-refractivity contribution < 1.29 is 19.1 Å². The van der Waals surface area contributed by atoms with E-state index in [-0.39, 0.29) is 18.3 Å². The third-order valence-corrected chi connectivity index (χ3v) is 7.95. The lowest BCUT2D eigenvalue weighted by atomic mass is 10.1. The molecular formula is C33H28Cl2N4O4S. The molecule has 2 amide bonds. The van der Waals surface area contributed by atoms with Gasteiger partial charge in [-0.05, 0) is 65.1 Å². The second-order valence-electron chi connectivity index (χ2n) is 10.0. The van der Waals surface area contributed by atoms with Crippen molar-refractivity contribution in [1.82, 2.24) is 19.9 Å². The predicted octanol–water partition coefficient (Wildman–Crippen LogP) is 9.00. The van der Waals surface area contributed by atoms with Gasteiger partial charge < -0.3 is 14.0 Å². The summed E-state index contributed by atoms with van der Waals surface area (Å²) in [5, 5.41) is 4.00. The van der Waals surface area contributed by atoms with Crippen LogP contribution in [0.4, 0.5) is 9.59 Å². The van der Waals surface area contributed by atoms with Crippen LogP contribution in [0.15, 0.2) is 107 Å². The van der Waals surface area contributed by atoms with Crippen LogP contribution in [0.2, 0.25) is 10.0 Å². The molecule has 0 spiro atoms. The van der Waals surface area contributed by atoms with Gasteiger partial charge in [0.15, 0.2) is 6.61 Å². The fourth-order valence-corrected chi connectivity index (χ4v) is 6.27. The number of amides is 2. The summed E-state index contributed by atoms with van der Waals surface area (Å²) in [5.74, 6) is 0.843. The summed E-state index contributed by atoms with van der Waals surface area (Å²) in [7, 11) is 0. The molecule has 8 nitrogen and oxygen atoms in total. The number of rotatable bonds is 9. The number of imidazole rings is 1. The minimum atomic E-state index is -0.962. The van der Waals surface area contributed by atoms with Crippen molar-refractivity contribution in [2.75, 3.05) is 0 Å². The Hall–Kier alpha value is -4.31. The first-order chi connectivity index (χ1) is 21.2. The summed E-state index contributed by atoms with van der Waals surface area (Å²) >= 11 is 14.0. The molecule has 0 aliphatic heterocycles. The Labute approximate surface area is 269 Å². The van der Waals surface area contributed by atoms with Crippen molar-refractivity contribution in [3.05, 3.63) is 124 Å². The first kappa shape index (κ1) is 31.1. The fraction of sp³-hybridized carbons (Fsp3) is 0.152. The number of ether oxygens (including phenoxy) is 2. The van der Waals surface area contributed by atoms with Crippen LogP contribution < -0.4 is 10.1 Å². The largest absolute Gasteiger partial charge is 0.441 e. The Morgan fingerprint density at radius 2 is 1.55 bits per heavy atom. The zero-order valence-electron chi connectivity index (χ0n) is 23.9. The van der Waals surface area contributed by atoms with Gasteiger partial charge >= 0.3 is 12.2 Å². The number of pyridine rings is 1. The Morgan fingerprint density at radius 3 is 2.20 bits per heavy atom. The number of aromatic nitrogens is 3. The third kappa shape index (κ3) is 8.19. The van der Waals surface area contributed by atoms with Gasteiger partial charge in [0, 0.05) is 27.3 Å². The highest BCUT2D eigenvalue weighted by molar-refractivity contribution is 7.99. The van der Waals surface area contributed by atoms with E-state index < -0.39 is 12.2 Å². The molecule has 0 fully saturated rings. The molecule has 1 N–H and O–H groups in total. The number of benzene rings is 3. The first-order valence-electron chi connectivity index (χ1n) is 13.7. The number of alkyl carbamates (subject to hydrolysis) is 1. The smallest absolute Gasteiger partial charge is 0.422 e. The van der Waals surface area contributed by atoms with Gasteiger partial charge in [-0.3, -0.25) is 4.98 Å². The van der Waals surface area contributed by atoms with Crippen LogP contribution >= 0.6 is 35.0 Å². The molecule has 0 radical (unpaired) electrons. The van der Waals surface area contributed by atoms with Crippen molar-refractivity contribution in [3.63, 3.8) is 0 Å². The topological polar surface area (TPSA) is 95.3 Å². The Balaban J connectivity index is 1.30. The number of hydrogen-bond donors (Lipinski definition) is 1. The summed E-state index contributed by atoms with van der Waals surface area (Å²) in [5.41, 5.74) is 3.80. The maximum absolute atomic E-state index is 12.6. The third-order valence-electron chi connectivity index (χ3n) is 6.42. The van der Waals surface area contributed by atoms with Crippen LogP contribution in [0.1, 0.15) is 36.8 Å². The number of nitrogens with zero attached hydrogens (tertiary/aromatic N) is 3. The molecule has 0 bridgehead atoms. The van der Waals surface area contributed by atoms with E-state index in [9.17, 15) is 9.59 Å². The molecule has 224 valence electrons. The van der Waals surface area contributed by atoms with Gasteiger partial charge in [0.05, 0.1) is 12.2 Å². The molecule has 0 atom stereocenters. The van der Waals surface area contributed by atoms with Crippen LogP contribution in [-0.2, 0) is 17.9 Å². The zero-order valence-corrected chi connectivity index (χ0v) is 26.2. The number of nitrogens with one attached hydrogen (secondary N) is 1. The molecule has 0 aliphatic carbocycles. The molecule has 2 aromatic heterocycles. The maximum atomic E-state index is 12.6. The van der Waals surface area contributed by atoms with Crippen molar-refractivity contribution in [2.45, 2.75) is 42.8 Å². The van der Waals surface area contributed by atoms with Crippen LogP contribution in [0.3, 0.4) is 0 Å². The lowest BCUT2D eigenvalue weighted by Crippen LogP contribution is -2.33. The monoisotopic (exact) mass is 646 g/mol. The minimum Gasteiger partial charge on any atom is -0.441 e. The van der Waals surface area contributed by atoms with Crippen LogP contribution in [0, 0.1) is 0 Å². The molecule has 2 heterocycles. The fourth-order valence-electron chi connectivity index (χ4n) is 4.36. The molecule has 5 rings (SSSR count). The summed E-state index contributed by atoms with van der Waals surface area (Å²) in [6, 6.07) is 25.9. The highest BCUT2D eigenvalue weighted by atomic mass is 35.5. The van der Waals surface area contributed by atoms with Crippen molar-refractivity contribution >= 4 is 47.2 Å². The van der Waals surface area contributed by atoms with E-state index in [4.69, 9.17) is 37.7 Å². The second-order valence-corrected chi connectivity index (χ2v) is 11.9. The van der Waals surface area contributed by atoms with Gasteiger partial charge in [-0.15, -0.1) is 0 Å². The molecule has 0 saturated carbocycles. The van der Waals surface area contributed by atoms with Gasteiger partial charge in [0.2, 0.25) is 0 Å². The lowest BCUT2D eigenvalue weighted by molar-refractivity contribution is 0.131. The molecule has 0 saturated heterocycles.